The zero-order chi connectivity index (χ0) is 15.4. The average Bonchev–Trinajstić information content (AvgIpc) is 2.90. The maximum absolute atomic E-state index is 12.2. The van der Waals surface area contributed by atoms with Crippen molar-refractivity contribution in [2.45, 2.75) is 64.3 Å². The molecule has 1 aromatic heterocycles. The second-order valence-electron chi connectivity index (χ2n) is 6.56. The zero-order valence-electron chi connectivity index (χ0n) is 13.6. The molecule has 2 heterocycles. The lowest BCUT2D eigenvalue weighted by molar-refractivity contribution is -0.122. The van der Waals surface area contributed by atoms with Crippen LogP contribution >= 0.6 is 11.3 Å². The summed E-state index contributed by atoms with van der Waals surface area (Å²) in [5.41, 5.74) is 1.14. The minimum absolute atomic E-state index is 0.149. The molecule has 0 aromatic carbocycles. The van der Waals surface area contributed by atoms with Crippen LogP contribution in [0.2, 0.25) is 0 Å². The number of aryl methyl sites for hydroxylation is 2. The number of likely N-dealkylation sites (tertiary alicyclic amines) is 1. The molecular formula is C17H27N3OS. The molecule has 1 atom stereocenters. The van der Waals surface area contributed by atoms with Crippen LogP contribution in [-0.4, -0.2) is 35.4 Å². The van der Waals surface area contributed by atoms with Crippen molar-refractivity contribution in [3.8, 4) is 0 Å². The first-order chi connectivity index (χ1) is 10.7. The van der Waals surface area contributed by atoms with Crippen LogP contribution in [0, 0.1) is 6.92 Å². The summed E-state index contributed by atoms with van der Waals surface area (Å²) in [6.07, 6.45) is 8.95. The highest BCUT2D eigenvalue weighted by atomic mass is 32.1. The van der Waals surface area contributed by atoms with Crippen molar-refractivity contribution in [2.24, 2.45) is 0 Å². The number of fused-ring (bicyclic) bond motifs is 1. The standard InChI is InChI=1S/C17H27N3OS/c1-13-18-17-14(7-5-8-15(17)22-13)19-16(21)9-6-12-20-10-3-2-4-11-20/h14H,2-12H2,1H3,(H,19,21). The molecule has 4 nitrogen and oxygen atoms in total. The Bertz CT molecular complexity index is 508. The van der Waals surface area contributed by atoms with Crippen LogP contribution in [0.1, 0.15) is 66.6 Å². The van der Waals surface area contributed by atoms with Gasteiger partial charge in [0.1, 0.15) is 0 Å². The van der Waals surface area contributed by atoms with Gasteiger partial charge in [-0.05, 0) is 65.1 Å². The summed E-state index contributed by atoms with van der Waals surface area (Å²) in [6, 6.07) is 0.149. The predicted molar refractivity (Wildman–Crippen MR) is 90.2 cm³/mol. The van der Waals surface area contributed by atoms with E-state index in [2.05, 4.69) is 22.1 Å². The molecule has 2 aliphatic rings. The fourth-order valence-corrected chi connectivity index (χ4v) is 4.63. The molecule has 0 saturated carbocycles. The molecule has 22 heavy (non-hydrogen) atoms. The van der Waals surface area contributed by atoms with Gasteiger partial charge in [0.2, 0.25) is 5.91 Å². The summed E-state index contributed by atoms with van der Waals surface area (Å²) >= 11 is 1.79. The Kier molecular flexibility index (Phi) is 5.47. The van der Waals surface area contributed by atoms with E-state index in [0.717, 1.165) is 42.9 Å². The molecule has 122 valence electrons. The second-order valence-corrected chi connectivity index (χ2v) is 7.85. The van der Waals surface area contributed by atoms with Gasteiger partial charge in [-0.15, -0.1) is 11.3 Å². The van der Waals surface area contributed by atoms with Crippen LogP contribution in [0.25, 0.3) is 0 Å². The average molecular weight is 321 g/mol. The Morgan fingerprint density at radius 3 is 2.95 bits per heavy atom. The number of carbonyl (C=O) groups is 1. The van der Waals surface area contributed by atoms with Crippen molar-refractivity contribution in [3.05, 3.63) is 15.6 Å². The Morgan fingerprint density at radius 2 is 2.14 bits per heavy atom. The maximum atomic E-state index is 12.2. The summed E-state index contributed by atoms with van der Waals surface area (Å²) in [7, 11) is 0. The third-order valence-electron chi connectivity index (χ3n) is 4.72. The molecule has 1 unspecified atom stereocenters. The van der Waals surface area contributed by atoms with Crippen LogP contribution in [0.4, 0.5) is 0 Å². The Labute approximate surface area is 137 Å². The van der Waals surface area contributed by atoms with Gasteiger partial charge in [0.15, 0.2) is 0 Å². The van der Waals surface area contributed by atoms with Crippen molar-refractivity contribution in [3.63, 3.8) is 0 Å². The Morgan fingerprint density at radius 1 is 1.32 bits per heavy atom. The first-order valence-corrected chi connectivity index (χ1v) is 9.52. The summed E-state index contributed by atoms with van der Waals surface area (Å²) in [4.78, 5) is 20.7. The van der Waals surface area contributed by atoms with Gasteiger partial charge in [-0.3, -0.25) is 4.79 Å². The molecule has 1 amide bonds. The lowest BCUT2D eigenvalue weighted by atomic mass is 9.97. The topological polar surface area (TPSA) is 45.2 Å². The van der Waals surface area contributed by atoms with Crippen LogP contribution < -0.4 is 5.32 Å². The fraction of sp³-hybridized carbons (Fsp3) is 0.765. The van der Waals surface area contributed by atoms with Gasteiger partial charge in [-0.25, -0.2) is 4.98 Å². The number of carbonyl (C=O) groups excluding carboxylic acids is 1. The summed E-state index contributed by atoms with van der Waals surface area (Å²) in [5.74, 6) is 0.195. The van der Waals surface area contributed by atoms with E-state index in [1.165, 1.54) is 37.2 Å². The predicted octanol–water partition coefficient (Wildman–Crippen LogP) is 3.21. The lowest BCUT2D eigenvalue weighted by Crippen LogP contribution is -2.33. The van der Waals surface area contributed by atoms with Crippen molar-refractivity contribution in [1.82, 2.24) is 15.2 Å². The van der Waals surface area contributed by atoms with E-state index in [0.29, 0.717) is 6.42 Å². The van der Waals surface area contributed by atoms with Crippen molar-refractivity contribution >= 4 is 17.2 Å². The first kappa shape index (κ1) is 15.9. The first-order valence-electron chi connectivity index (χ1n) is 8.70. The summed E-state index contributed by atoms with van der Waals surface area (Å²) in [5, 5.41) is 4.33. The van der Waals surface area contributed by atoms with E-state index in [1.807, 2.05) is 0 Å². The SMILES string of the molecule is Cc1nc2c(s1)CCCC2NC(=O)CCCN1CCCCC1. The maximum Gasteiger partial charge on any atom is 0.220 e. The van der Waals surface area contributed by atoms with Gasteiger partial charge < -0.3 is 10.2 Å². The van der Waals surface area contributed by atoms with Gasteiger partial charge in [-0.2, -0.15) is 0 Å². The molecule has 1 aromatic rings. The fourth-order valence-electron chi connectivity index (χ4n) is 3.59. The number of aromatic nitrogens is 1. The number of piperidine rings is 1. The molecule has 1 saturated heterocycles. The molecule has 5 heteroatoms. The van der Waals surface area contributed by atoms with Crippen LogP contribution in [0.15, 0.2) is 0 Å². The van der Waals surface area contributed by atoms with Gasteiger partial charge in [0, 0.05) is 11.3 Å². The number of rotatable bonds is 5. The number of nitrogens with zero attached hydrogens (tertiary/aromatic N) is 2. The monoisotopic (exact) mass is 321 g/mol. The van der Waals surface area contributed by atoms with Gasteiger partial charge in [0.25, 0.3) is 0 Å². The van der Waals surface area contributed by atoms with Crippen molar-refractivity contribution < 1.29 is 4.79 Å². The van der Waals surface area contributed by atoms with Crippen LogP contribution in [0.3, 0.4) is 0 Å². The number of hydrogen-bond donors (Lipinski definition) is 1. The number of amides is 1. The molecule has 1 aliphatic heterocycles. The molecule has 0 bridgehead atoms. The Balaban J connectivity index is 1.44. The van der Waals surface area contributed by atoms with Gasteiger partial charge in [-0.1, -0.05) is 6.42 Å². The molecule has 0 radical (unpaired) electrons. The molecule has 1 fully saturated rings. The number of hydrogen-bond acceptors (Lipinski definition) is 4. The molecular weight excluding hydrogens is 294 g/mol. The minimum Gasteiger partial charge on any atom is -0.348 e. The molecule has 1 N–H and O–H groups in total. The Hall–Kier alpha value is -0.940. The number of nitrogens with one attached hydrogen (secondary N) is 1. The molecule has 0 spiro atoms. The van der Waals surface area contributed by atoms with Gasteiger partial charge in [0.05, 0.1) is 16.7 Å². The largest absolute Gasteiger partial charge is 0.348 e. The third-order valence-corrected chi connectivity index (χ3v) is 5.77. The van der Waals surface area contributed by atoms with E-state index in [9.17, 15) is 4.79 Å². The van der Waals surface area contributed by atoms with Crippen LogP contribution in [0.5, 0.6) is 0 Å². The number of thiazole rings is 1. The smallest absolute Gasteiger partial charge is 0.220 e. The normalized spacial score (nSPS) is 22.3. The highest BCUT2D eigenvalue weighted by molar-refractivity contribution is 7.11. The summed E-state index contributed by atoms with van der Waals surface area (Å²) < 4.78 is 0. The molecule has 1 aliphatic carbocycles. The van der Waals surface area contributed by atoms with Crippen molar-refractivity contribution in [2.75, 3.05) is 19.6 Å². The van der Waals surface area contributed by atoms with E-state index >= 15 is 0 Å². The lowest BCUT2D eigenvalue weighted by Gasteiger charge is -2.26. The van der Waals surface area contributed by atoms with E-state index in [4.69, 9.17) is 0 Å². The van der Waals surface area contributed by atoms with Crippen LogP contribution in [-0.2, 0) is 11.2 Å². The highest BCUT2D eigenvalue weighted by Gasteiger charge is 2.25. The van der Waals surface area contributed by atoms with E-state index in [-0.39, 0.29) is 11.9 Å². The van der Waals surface area contributed by atoms with Crippen molar-refractivity contribution in [1.29, 1.82) is 0 Å². The van der Waals surface area contributed by atoms with E-state index < -0.39 is 0 Å². The minimum atomic E-state index is 0.149. The van der Waals surface area contributed by atoms with E-state index in [1.54, 1.807) is 11.3 Å². The quantitative estimate of drug-likeness (QED) is 0.906. The summed E-state index contributed by atoms with van der Waals surface area (Å²) in [6.45, 7) is 5.55. The van der Waals surface area contributed by atoms with Gasteiger partial charge >= 0.3 is 0 Å². The highest BCUT2D eigenvalue weighted by Crippen LogP contribution is 2.33. The zero-order valence-corrected chi connectivity index (χ0v) is 14.4. The second kappa shape index (κ2) is 7.55. The molecule has 3 rings (SSSR count). The third kappa shape index (κ3) is 4.07.